The van der Waals surface area contributed by atoms with Crippen molar-refractivity contribution in [2.45, 2.75) is 6.42 Å². The maximum atomic E-state index is 12.5. The number of aromatic nitrogens is 1. The Bertz CT molecular complexity index is 1090. The van der Waals surface area contributed by atoms with E-state index in [0.717, 1.165) is 12.0 Å². The summed E-state index contributed by atoms with van der Waals surface area (Å²) >= 11 is 1.33. The molecule has 0 aliphatic heterocycles. The minimum absolute atomic E-state index is 0.166. The average Bonchev–Trinajstić information content (AvgIpc) is 3.18. The number of phenols is 1. The Morgan fingerprint density at radius 3 is 2.32 bits per heavy atom. The molecule has 0 unspecified atom stereocenters. The highest BCUT2D eigenvalue weighted by atomic mass is 32.1. The number of rotatable bonds is 5. The Morgan fingerprint density at radius 2 is 1.57 bits per heavy atom. The molecule has 138 valence electrons. The first kappa shape index (κ1) is 17.9. The van der Waals surface area contributed by atoms with E-state index < -0.39 is 0 Å². The first-order valence-electron chi connectivity index (χ1n) is 8.87. The van der Waals surface area contributed by atoms with Crippen molar-refractivity contribution < 1.29 is 9.90 Å². The fraction of sp³-hybridized carbons (Fsp3) is 0.0435. The predicted octanol–water partition coefficient (Wildman–Crippen LogP) is 5.36. The van der Waals surface area contributed by atoms with Crippen molar-refractivity contribution in [2.24, 2.45) is 0 Å². The zero-order chi connectivity index (χ0) is 19.3. The van der Waals surface area contributed by atoms with Crippen molar-refractivity contribution in [1.29, 1.82) is 0 Å². The number of nitrogens with zero attached hydrogens (tertiary/aromatic N) is 1. The lowest BCUT2D eigenvalue weighted by atomic mass is 10.0. The zero-order valence-electron chi connectivity index (χ0n) is 15.0. The molecule has 0 atom stereocenters. The second-order valence-corrected chi connectivity index (χ2v) is 7.23. The summed E-state index contributed by atoms with van der Waals surface area (Å²) in [5.41, 5.74) is 4.25. The molecule has 0 radical (unpaired) electrons. The van der Waals surface area contributed by atoms with Gasteiger partial charge in [-0.05, 0) is 41.8 Å². The van der Waals surface area contributed by atoms with E-state index in [0.29, 0.717) is 22.0 Å². The number of hydrogen-bond donors (Lipinski definition) is 2. The van der Waals surface area contributed by atoms with Crippen LogP contribution in [-0.4, -0.2) is 16.0 Å². The average molecular weight is 386 g/mol. The number of phenolic OH excluding ortho intramolecular Hbond substituents is 1. The Hall–Kier alpha value is -3.44. The predicted molar refractivity (Wildman–Crippen MR) is 113 cm³/mol. The Morgan fingerprint density at radius 1 is 0.893 bits per heavy atom. The number of nitrogens with one attached hydrogen (secondary N) is 1. The lowest BCUT2D eigenvalue weighted by Gasteiger charge is -2.05. The van der Waals surface area contributed by atoms with Crippen LogP contribution in [0.1, 0.15) is 21.5 Å². The monoisotopic (exact) mass is 386 g/mol. The number of para-hydroxylation sites is 1. The van der Waals surface area contributed by atoms with Gasteiger partial charge in [0.1, 0.15) is 5.75 Å². The van der Waals surface area contributed by atoms with Gasteiger partial charge in [0.05, 0.1) is 5.69 Å². The number of thiazole rings is 1. The van der Waals surface area contributed by atoms with E-state index in [1.807, 2.05) is 53.9 Å². The van der Waals surface area contributed by atoms with Crippen LogP contribution in [0.4, 0.5) is 5.13 Å². The van der Waals surface area contributed by atoms with Crippen LogP contribution < -0.4 is 5.32 Å². The summed E-state index contributed by atoms with van der Waals surface area (Å²) in [4.78, 5) is 16.9. The third kappa shape index (κ3) is 4.10. The third-order valence-corrected chi connectivity index (χ3v) is 5.13. The van der Waals surface area contributed by atoms with Crippen LogP contribution in [-0.2, 0) is 6.42 Å². The summed E-state index contributed by atoms with van der Waals surface area (Å²) < 4.78 is 0. The second-order valence-electron chi connectivity index (χ2n) is 6.37. The summed E-state index contributed by atoms with van der Waals surface area (Å²) in [5, 5.41) is 15.1. The van der Waals surface area contributed by atoms with E-state index in [4.69, 9.17) is 0 Å². The topological polar surface area (TPSA) is 62.2 Å². The summed E-state index contributed by atoms with van der Waals surface area (Å²) in [6.07, 6.45) is 0.832. The van der Waals surface area contributed by atoms with E-state index >= 15 is 0 Å². The molecule has 2 N–H and O–H groups in total. The maximum absolute atomic E-state index is 12.5. The zero-order valence-corrected chi connectivity index (χ0v) is 15.8. The van der Waals surface area contributed by atoms with Crippen LogP contribution in [0.2, 0.25) is 0 Å². The summed E-state index contributed by atoms with van der Waals surface area (Å²) in [6, 6.07) is 24.8. The minimum Gasteiger partial charge on any atom is -0.507 e. The molecule has 0 aliphatic rings. The lowest BCUT2D eigenvalue weighted by molar-refractivity contribution is 0.102. The third-order valence-electron chi connectivity index (χ3n) is 4.37. The van der Waals surface area contributed by atoms with Gasteiger partial charge in [0.15, 0.2) is 5.13 Å². The first-order valence-corrected chi connectivity index (χ1v) is 9.75. The maximum Gasteiger partial charge on any atom is 0.257 e. The van der Waals surface area contributed by atoms with Gasteiger partial charge in [-0.25, -0.2) is 4.98 Å². The molecule has 1 amide bonds. The van der Waals surface area contributed by atoms with Crippen molar-refractivity contribution in [3.63, 3.8) is 0 Å². The molecule has 0 aliphatic carbocycles. The molecule has 5 heteroatoms. The normalized spacial score (nSPS) is 10.6. The van der Waals surface area contributed by atoms with Crippen LogP contribution in [0.5, 0.6) is 5.75 Å². The number of carbonyl (C=O) groups is 1. The van der Waals surface area contributed by atoms with E-state index in [1.165, 1.54) is 16.9 Å². The molecule has 4 nitrogen and oxygen atoms in total. The first-order chi connectivity index (χ1) is 13.7. The summed E-state index contributed by atoms with van der Waals surface area (Å²) in [5.74, 6) is -0.0378. The van der Waals surface area contributed by atoms with E-state index in [1.54, 1.807) is 18.2 Å². The molecule has 0 bridgehead atoms. The van der Waals surface area contributed by atoms with E-state index in [9.17, 15) is 9.90 Å². The van der Waals surface area contributed by atoms with Gasteiger partial charge in [-0.3, -0.25) is 10.1 Å². The van der Waals surface area contributed by atoms with E-state index in [2.05, 4.69) is 22.4 Å². The highest BCUT2D eigenvalue weighted by molar-refractivity contribution is 7.14. The van der Waals surface area contributed by atoms with Crippen molar-refractivity contribution in [3.8, 4) is 17.0 Å². The van der Waals surface area contributed by atoms with Gasteiger partial charge >= 0.3 is 0 Å². The Kier molecular flexibility index (Phi) is 5.17. The highest BCUT2D eigenvalue weighted by Gasteiger charge is 2.12. The van der Waals surface area contributed by atoms with Crippen LogP contribution in [0.25, 0.3) is 11.3 Å². The number of anilines is 1. The van der Waals surface area contributed by atoms with Crippen LogP contribution in [0.15, 0.2) is 84.2 Å². The number of benzene rings is 3. The second kappa shape index (κ2) is 8.06. The quantitative estimate of drug-likeness (QED) is 0.485. The van der Waals surface area contributed by atoms with Gasteiger partial charge < -0.3 is 5.11 Å². The fourth-order valence-corrected chi connectivity index (χ4v) is 3.63. The summed E-state index contributed by atoms with van der Waals surface area (Å²) in [6.45, 7) is 0. The van der Waals surface area contributed by atoms with Crippen LogP contribution >= 0.6 is 11.3 Å². The molecular formula is C23H18N2O2S. The molecule has 0 spiro atoms. The van der Waals surface area contributed by atoms with Gasteiger partial charge in [-0.1, -0.05) is 54.6 Å². The molecule has 0 saturated heterocycles. The smallest absolute Gasteiger partial charge is 0.257 e. The van der Waals surface area contributed by atoms with Crippen molar-refractivity contribution in [3.05, 3.63) is 101 Å². The molecule has 0 saturated carbocycles. The highest BCUT2D eigenvalue weighted by Crippen LogP contribution is 2.31. The Labute approximate surface area is 167 Å². The van der Waals surface area contributed by atoms with Crippen LogP contribution in [0, 0.1) is 0 Å². The van der Waals surface area contributed by atoms with Gasteiger partial charge in [0.2, 0.25) is 0 Å². The molecule has 1 heterocycles. The number of aromatic hydroxyl groups is 1. The standard InChI is InChI=1S/C23H18N2O2S/c26-21-9-5-4-8-19(21)20-15-28-23(24-20)25-22(27)18-12-10-17(11-13-18)14-16-6-2-1-3-7-16/h1-13,15,26H,14H2,(H,24,25,27). The van der Waals surface area contributed by atoms with Crippen molar-refractivity contribution in [2.75, 3.05) is 5.32 Å². The molecule has 1 aromatic heterocycles. The largest absolute Gasteiger partial charge is 0.507 e. The van der Waals surface area contributed by atoms with Gasteiger partial charge in [-0.15, -0.1) is 11.3 Å². The number of amides is 1. The molecular weight excluding hydrogens is 368 g/mol. The van der Waals surface area contributed by atoms with Gasteiger partial charge in [-0.2, -0.15) is 0 Å². The van der Waals surface area contributed by atoms with Crippen LogP contribution in [0.3, 0.4) is 0 Å². The van der Waals surface area contributed by atoms with Gasteiger partial charge in [0, 0.05) is 16.5 Å². The fourth-order valence-electron chi connectivity index (χ4n) is 2.92. The molecule has 4 aromatic rings. The molecule has 0 fully saturated rings. The molecule has 3 aromatic carbocycles. The molecule has 4 rings (SSSR count). The SMILES string of the molecule is O=C(Nc1nc(-c2ccccc2O)cs1)c1ccc(Cc2ccccc2)cc1. The molecule has 28 heavy (non-hydrogen) atoms. The number of hydrogen-bond acceptors (Lipinski definition) is 4. The van der Waals surface area contributed by atoms with Gasteiger partial charge in [0.25, 0.3) is 5.91 Å². The minimum atomic E-state index is -0.204. The Balaban J connectivity index is 1.43. The number of carbonyl (C=O) groups excluding carboxylic acids is 1. The van der Waals surface area contributed by atoms with Crippen molar-refractivity contribution in [1.82, 2.24) is 4.98 Å². The summed E-state index contributed by atoms with van der Waals surface area (Å²) in [7, 11) is 0. The lowest BCUT2D eigenvalue weighted by Crippen LogP contribution is -2.11. The van der Waals surface area contributed by atoms with E-state index in [-0.39, 0.29) is 11.7 Å². The van der Waals surface area contributed by atoms with Crippen molar-refractivity contribution >= 4 is 22.4 Å².